The Morgan fingerprint density at radius 2 is 1.89 bits per heavy atom. The summed E-state index contributed by atoms with van der Waals surface area (Å²) in [4.78, 5) is 13.8. The average molecular weight is 313 g/mol. The van der Waals surface area contributed by atoms with Crippen molar-refractivity contribution < 1.29 is 0 Å². The van der Waals surface area contributed by atoms with Crippen LogP contribution in [-0.2, 0) is 6.42 Å². The minimum absolute atomic E-state index is 0.549. The van der Waals surface area contributed by atoms with Gasteiger partial charge in [-0.25, -0.2) is 9.97 Å². The van der Waals surface area contributed by atoms with Crippen molar-refractivity contribution in [2.24, 2.45) is 0 Å². The molecular weight excluding hydrogens is 292 g/mol. The van der Waals surface area contributed by atoms with E-state index < -0.39 is 0 Å². The fourth-order valence-electron chi connectivity index (χ4n) is 2.36. The van der Waals surface area contributed by atoms with Crippen LogP contribution in [0, 0.1) is 0 Å². The van der Waals surface area contributed by atoms with Crippen LogP contribution in [0.2, 0.25) is 0 Å². The first-order valence-electron chi connectivity index (χ1n) is 6.51. The van der Waals surface area contributed by atoms with Crippen LogP contribution in [-0.4, -0.2) is 47.1 Å². The smallest absolute Gasteiger partial charge is 0.133 e. The lowest BCUT2D eigenvalue weighted by molar-refractivity contribution is 0.169. The van der Waals surface area contributed by atoms with Gasteiger partial charge in [0.15, 0.2) is 0 Å². The monoisotopic (exact) mass is 312 g/mol. The molecule has 0 saturated carbocycles. The number of aryl methyl sites for hydroxylation is 1. The molecule has 0 aliphatic carbocycles. The first-order valence-corrected chi connectivity index (χ1v) is 7.31. The van der Waals surface area contributed by atoms with E-state index in [1.165, 1.54) is 0 Å². The molecule has 1 aliphatic rings. The molecule has 100 valence electrons. The molecule has 2 atom stereocenters. The van der Waals surface area contributed by atoms with Gasteiger partial charge in [0.25, 0.3) is 0 Å². The summed E-state index contributed by atoms with van der Waals surface area (Å²) in [6.07, 6.45) is 0.866. The molecule has 0 amide bonds. The van der Waals surface area contributed by atoms with E-state index in [0.29, 0.717) is 12.1 Å². The van der Waals surface area contributed by atoms with Crippen LogP contribution < -0.4 is 4.90 Å². The molecule has 2 unspecified atom stereocenters. The summed E-state index contributed by atoms with van der Waals surface area (Å²) >= 11 is 3.47. The van der Waals surface area contributed by atoms with Crippen molar-refractivity contribution in [3.63, 3.8) is 0 Å². The summed E-state index contributed by atoms with van der Waals surface area (Å²) in [5.41, 5.74) is 0. The Hall–Kier alpha value is -0.680. The highest BCUT2D eigenvalue weighted by molar-refractivity contribution is 9.10. The van der Waals surface area contributed by atoms with Crippen LogP contribution in [0.15, 0.2) is 10.7 Å². The summed E-state index contributed by atoms with van der Waals surface area (Å²) in [7, 11) is 2.19. The normalized spacial score (nSPS) is 25.5. The quantitative estimate of drug-likeness (QED) is 0.785. The van der Waals surface area contributed by atoms with Gasteiger partial charge in [0.1, 0.15) is 16.2 Å². The van der Waals surface area contributed by atoms with Gasteiger partial charge in [-0.1, -0.05) is 6.92 Å². The number of hydrogen-bond donors (Lipinski definition) is 0. The Labute approximate surface area is 118 Å². The van der Waals surface area contributed by atoms with Crippen LogP contribution >= 0.6 is 15.9 Å². The number of likely N-dealkylation sites (N-methyl/N-ethyl adjacent to an activating group) is 1. The van der Waals surface area contributed by atoms with E-state index in [4.69, 9.17) is 0 Å². The van der Waals surface area contributed by atoms with Crippen molar-refractivity contribution in [3.8, 4) is 0 Å². The van der Waals surface area contributed by atoms with Crippen molar-refractivity contribution in [2.45, 2.75) is 39.3 Å². The van der Waals surface area contributed by atoms with Gasteiger partial charge in [-0.15, -0.1) is 0 Å². The lowest BCUT2D eigenvalue weighted by Crippen LogP contribution is -2.55. The molecule has 1 aromatic rings. The second-order valence-electron chi connectivity index (χ2n) is 5.09. The molecule has 1 aromatic heterocycles. The van der Waals surface area contributed by atoms with E-state index in [1.807, 2.05) is 6.07 Å². The van der Waals surface area contributed by atoms with E-state index >= 15 is 0 Å². The van der Waals surface area contributed by atoms with Gasteiger partial charge in [-0.3, -0.25) is 4.90 Å². The summed E-state index contributed by atoms with van der Waals surface area (Å²) < 4.78 is 0.878. The molecule has 2 rings (SSSR count). The van der Waals surface area contributed by atoms with Gasteiger partial charge in [-0.05, 0) is 36.8 Å². The first-order chi connectivity index (χ1) is 8.51. The molecule has 0 radical (unpaired) electrons. The zero-order valence-electron chi connectivity index (χ0n) is 11.5. The Balaban J connectivity index is 2.23. The number of hydrogen-bond acceptors (Lipinski definition) is 4. The molecule has 2 heterocycles. The van der Waals surface area contributed by atoms with Crippen LogP contribution in [0.4, 0.5) is 5.82 Å². The van der Waals surface area contributed by atoms with Crippen molar-refractivity contribution in [1.29, 1.82) is 0 Å². The number of anilines is 1. The number of rotatable bonds is 2. The van der Waals surface area contributed by atoms with Gasteiger partial charge in [0.2, 0.25) is 0 Å². The predicted molar refractivity (Wildman–Crippen MR) is 78.0 cm³/mol. The Kier molecular flexibility index (Phi) is 4.22. The third-order valence-corrected chi connectivity index (χ3v) is 4.13. The van der Waals surface area contributed by atoms with E-state index in [0.717, 1.165) is 35.8 Å². The Bertz CT molecular complexity index is 411. The topological polar surface area (TPSA) is 32.3 Å². The second-order valence-corrected chi connectivity index (χ2v) is 5.90. The number of piperazine rings is 1. The summed E-state index contributed by atoms with van der Waals surface area (Å²) in [6, 6.07) is 3.12. The molecule has 0 bridgehead atoms. The molecule has 18 heavy (non-hydrogen) atoms. The number of halogens is 1. The van der Waals surface area contributed by atoms with Gasteiger partial charge >= 0.3 is 0 Å². The standard InChI is InChI=1S/C13H21BrN4/c1-5-12-15-11(14)6-13(16-12)18-7-9(2)17(4)10(3)8-18/h6,9-10H,5,7-8H2,1-4H3. The minimum Gasteiger partial charge on any atom is -0.353 e. The first kappa shape index (κ1) is 13.7. The van der Waals surface area contributed by atoms with E-state index in [-0.39, 0.29) is 0 Å². The van der Waals surface area contributed by atoms with Crippen molar-refractivity contribution in [2.75, 3.05) is 25.0 Å². The summed E-state index contributed by atoms with van der Waals surface area (Å²) in [5, 5.41) is 0. The fraction of sp³-hybridized carbons (Fsp3) is 0.692. The van der Waals surface area contributed by atoms with Crippen LogP contribution in [0.25, 0.3) is 0 Å². The summed E-state index contributed by atoms with van der Waals surface area (Å²) in [5.74, 6) is 1.94. The fourth-order valence-corrected chi connectivity index (χ4v) is 2.77. The maximum Gasteiger partial charge on any atom is 0.133 e. The molecular formula is C13H21BrN4. The number of nitrogens with zero attached hydrogens (tertiary/aromatic N) is 4. The van der Waals surface area contributed by atoms with Crippen molar-refractivity contribution in [1.82, 2.24) is 14.9 Å². The largest absolute Gasteiger partial charge is 0.353 e. The van der Waals surface area contributed by atoms with Gasteiger partial charge in [0.05, 0.1) is 0 Å². The molecule has 0 N–H and O–H groups in total. The lowest BCUT2D eigenvalue weighted by Gasteiger charge is -2.43. The second kappa shape index (κ2) is 5.53. The Morgan fingerprint density at radius 1 is 1.28 bits per heavy atom. The molecule has 0 aromatic carbocycles. The van der Waals surface area contributed by atoms with E-state index in [1.54, 1.807) is 0 Å². The highest BCUT2D eigenvalue weighted by Gasteiger charge is 2.27. The van der Waals surface area contributed by atoms with Crippen LogP contribution in [0.5, 0.6) is 0 Å². The highest BCUT2D eigenvalue weighted by Crippen LogP contribution is 2.22. The maximum absolute atomic E-state index is 4.64. The highest BCUT2D eigenvalue weighted by atomic mass is 79.9. The Morgan fingerprint density at radius 3 is 2.44 bits per heavy atom. The van der Waals surface area contributed by atoms with E-state index in [2.05, 4.69) is 63.5 Å². The molecule has 5 heteroatoms. The van der Waals surface area contributed by atoms with Gasteiger partial charge in [-0.2, -0.15) is 0 Å². The maximum atomic E-state index is 4.64. The van der Waals surface area contributed by atoms with Crippen molar-refractivity contribution >= 4 is 21.7 Å². The summed E-state index contributed by atoms with van der Waals surface area (Å²) in [6.45, 7) is 8.65. The molecule has 1 saturated heterocycles. The minimum atomic E-state index is 0.549. The van der Waals surface area contributed by atoms with Gasteiger partial charge < -0.3 is 4.90 Å². The van der Waals surface area contributed by atoms with Crippen LogP contribution in [0.3, 0.4) is 0 Å². The van der Waals surface area contributed by atoms with Crippen molar-refractivity contribution in [3.05, 3.63) is 16.5 Å². The molecule has 0 spiro atoms. The lowest BCUT2D eigenvalue weighted by atomic mass is 10.1. The number of aromatic nitrogens is 2. The molecule has 4 nitrogen and oxygen atoms in total. The average Bonchev–Trinajstić information content (AvgIpc) is 2.34. The van der Waals surface area contributed by atoms with Gasteiger partial charge in [0, 0.05) is 37.7 Å². The zero-order chi connectivity index (χ0) is 13.3. The van der Waals surface area contributed by atoms with Crippen LogP contribution in [0.1, 0.15) is 26.6 Å². The van der Waals surface area contributed by atoms with E-state index in [9.17, 15) is 0 Å². The third kappa shape index (κ3) is 2.83. The third-order valence-electron chi connectivity index (χ3n) is 3.73. The molecule has 1 fully saturated rings. The molecule has 1 aliphatic heterocycles. The zero-order valence-corrected chi connectivity index (χ0v) is 13.1. The predicted octanol–water partition coefficient (Wildman–Crippen LogP) is 2.33. The SMILES string of the molecule is CCc1nc(Br)cc(N2CC(C)N(C)C(C)C2)n1.